The van der Waals surface area contributed by atoms with Gasteiger partial charge in [0, 0.05) is 24.0 Å². The summed E-state index contributed by atoms with van der Waals surface area (Å²) in [5, 5.41) is 0. The van der Waals surface area contributed by atoms with E-state index < -0.39 is 5.54 Å². The molecule has 3 rings (SSSR count). The summed E-state index contributed by atoms with van der Waals surface area (Å²) in [5.41, 5.74) is -0.139. The van der Waals surface area contributed by atoms with Gasteiger partial charge in [-0.1, -0.05) is 51.1 Å². The van der Waals surface area contributed by atoms with Crippen molar-refractivity contribution >= 4 is 11.9 Å². The summed E-state index contributed by atoms with van der Waals surface area (Å²) in [6.07, 6.45) is 2.52. The van der Waals surface area contributed by atoms with Crippen LogP contribution in [0.2, 0.25) is 0 Å². The molecule has 0 radical (unpaired) electrons. The van der Waals surface area contributed by atoms with Gasteiger partial charge in [-0.15, -0.1) is 0 Å². The molecule has 0 N–H and O–H groups in total. The lowest BCUT2D eigenvalue weighted by Gasteiger charge is -2.63. The van der Waals surface area contributed by atoms with Crippen molar-refractivity contribution in [1.82, 2.24) is 14.7 Å². The molecule has 5 nitrogen and oxygen atoms in total. The zero-order valence-corrected chi connectivity index (χ0v) is 18.5. The first-order valence-electron chi connectivity index (χ1n) is 10.5. The standard InChI is InChI=1S/C23H35N3O2/c1-8-21(4)16-23(17(3)22(5,9-2)25(21)7)19(27)26(20(28)24(23)6)15-18-13-11-10-12-14-18/h10-14,17H,8-9,15-16H2,1-7H3. The van der Waals surface area contributed by atoms with Crippen molar-refractivity contribution in [1.29, 1.82) is 0 Å². The number of amides is 3. The van der Waals surface area contributed by atoms with E-state index >= 15 is 0 Å². The summed E-state index contributed by atoms with van der Waals surface area (Å²) >= 11 is 0. The van der Waals surface area contributed by atoms with Crippen molar-refractivity contribution in [2.45, 2.75) is 77.0 Å². The molecule has 5 heteroatoms. The van der Waals surface area contributed by atoms with Crippen molar-refractivity contribution in [3.05, 3.63) is 35.9 Å². The van der Waals surface area contributed by atoms with Crippen LogP contribution in [-0.2, 0) is 11.3 Å². The van der Waals surface area contributed by atoms with Gasteiger partial charge in [-0.05, 0) is 45.7 Å². The highest BCUT2D eigenvalue weighted by atomic mass is 16.2. The van der Waals surface area contributed by atoms with Gasteiger partial charge in [-0.2, -0.15) is 0 Å². The number of carbonyl (C=O) groups excluding carboxylic acids is 2. The molecule has 1 aromatic carbocycles. The number of piperidine rings is 1. The van der Waals surface area contributed by atoms with Gasteiger partial charge in [0.25, 0.3) is 5.91 Å². The fraction of sp³-hybridized carbons (Fsp3) is 0.652. The molecule has 2 aliphatic rings. The van der Waals surface area contributed by atoms with Crippen LogP contribution in [0.1, 0.15) is 59.4 Å². The number of benzene rings is 1. The lowest BCUT2D eigenvalue weighted by atomic mass is 9.59. The van der Waals surface area contributed by atoms with E-state index in [-0.39, 0.29) is 28.9 Å². The zero-order chi connectivity index (χ0) is 20.9. The third-order valence-electron chi connectivity index (χ3n) is 8.27. The second-order valence-electron chi connectivity index (χ2n) is 9.16. The van der Waals surface area contributed by atoms with Gasteiger partial charge in [0.15, 0.2) is 0 Å². The average Bonchev–Trinajstić information content (AvgIpc) is 2.88. The molecule has 2 aliphatic heterocycles. The van der Waals surface area contributed by atoms with Crippen molar-refractivity contribution in [3.63, 3.8) is 0 Å². The maximum absolute atomic E-state index is 13.9. The highest BCUT2D eigenvalue weighted by Gasteiger charge is 2.68. The SMILES string of the molecule is CCC1(C)CC2(C(=O)N(Cc3ccccc3)C(=O)N2C)C(C)C(C)(CC)N1C. The zero-order valence-electron chi connectivity index (χ0n) is 18.5. The molecule has 3 amide bonds. The monoisotopic (exact) mass is 385 g/mol. The fourth-order valence-electron chi connectivity index (χ4n) is 5.57. The van der Waals surface area contributed by atoms with Crippen LogP contribution in [0, 0.1) is 5.92 Å². The lowest BCUT2D eigenvalue weighted by molar-refractivity contribution is -0.160. The van der Waals surface area contributed by atoms with Crippen LogP contribution in [0.25, 0.3) is 0 Å². The summed E-state index contributed by atoms with van der Waals surface area (Å²) in [7, 11) is 4.00. The largest absolute Gasteiger partial charge is 0.327 e. The predicted molar refractivity (Wildman–Crippen MR) is 112 cm³/mol. The van der Waals surface area contributed by atoms with E-state index in [1.807, 2.05) is 37.4 Å². The number of likely N-dealkylation sites (tertiary alicyclic amines) is 1. The number of rotatable bonds is 4. The Hall–Kier alpha value is -1.88. The summed E-state index contributed by atoms with van der Waals surface area (Å²) in [6.45, 7) is 11.3. The Morgan fingerprint density at radius 1 is 1.04 bits per heavy atom. The predicted octanol–water partition coefficient (Wildman–Crippen LogP) is 4.13. The van der Waals surface area contributed by atoms with E-state index in [4.69, 9.17) is 0 Å². The van der Waals surface area contributed by atoms with Crippen molar-refractivity contribution in [2.24, 2.45) is 5.92 Å². The van der Waals surface area contributed by atoms with Crippen LogP contribution in [0.15, 0.2) is 30.3 Å². The first-order valence-corrected chi connectivity index (χ1v) is 10.5. The van der Waals surface area contributed by atoms with E-state index in [9.17, 15) is 9.59 Å². The summed E-state index contributed by atoms with van der Waals surface area (Å²) in [6, 6.07) is 9.59. The van der Waals surface area contributed by atoms with E-state index in [0.717, 1.165) is 18.4 Å². The average molecular weight is 386 g/mol. The molecular formula is C23H35N3O2. The Labute approximate surface area is 169 Å². The minimum atomic E-state index is -0.798. The Morgan fingerprint density at radius 2 is 1.64 bits per heavy atom. The van der Waals surface area contributed by atoms with Gasteiger partial charge in [0.2, 0.25) is 0 Å². The van der Waals surface area contributed by atoms with Crippen LogP contribution < -0.4 is 0 Å². The number of carbonyl (C=O) groups is 2. The van der Waals surface area contributed by atoms with E-state index in [2.05, 4.69) is 46.6 Å². The lowest BCUT2D eigenvalue weighted by Crippen LogP contribution is -2.74. The highest BCUT2D eigenvalue weighted by Crippen LogP contribution is 2.54. The number of imide groups is 1. The van der Waals surface area contributed by atoms with Gasteiger partial charge < -0.3 is 4.90 Å². The smallest absolute Gasteiger partial charge is 0.312 e. The molecule has 1 spiro atoms. The molecule has 0 aliphatic carbocycles. The minimum absolute atomic E-state index is 0.0249. The van der Waals surface area contributed by atoms with Crippen molar-refractivity contribution in [3.8, 4) is 0 Å². The molecule has 0 saturated carbocycles. The fourth-order valence-corrected chi connectivity index (χ4v) is 5.57. The maximum atomic E-state index is 13.9. The van der Waals surface area contributed by atoms with E-state index in [1.54, 1.807) is 4.90 Å². The van der Waals surface area contributed by atoms with Crippen LogP contribution in [-0.4, -0.2) is 57.4 Å². The molecule has 1 aromatic rings. The molecule has 28 heavy (non-hydrogen) atoms. The maximum Gasteiger partial charge on any atom is 0.327 e. The molecule has 2 heterocycles. The van der Waals surface area contributed by atoms with E-state index in [0.29, 0.717) is 13.0 Å². The molecular weight excluding hydrogens is 350 g/mol. The van der Waals surface area contributed by atoms with Crippen molar-refractivity contribution < 1.29 is 9.59 Å². The van der Waals surface area contributed by atoms with Crippen LogP contribution in [0.3, 0.4) is 0 Å². The minimum Gasteiger partial charge on any atom is -0.312 e. The van der Waals surface area contributed by atoms with Crippen LogP contribution in [0.5, 0.6) is 0 Å². The molecule has 0 aromatic heterocycles. The summed E-state index contributed by atoms with van der Waals surface area (Å²) < 4.78 is 0. The summed E-state index contributed by atoms with van der Waals surface area (Å²) in [5.74, 6) is -0.0133. The Balaban J connectivity index is 2.08. The Kier molecular flexibility index (Phi) is 5.11. The number of likely N-dealkylation sites (N-methyl/N-ethyl adjacent to an activating group) is 1. The quantitative estimate of drug-likeness (QED) is 0.732. The van der Waals surface area contributed by atoms with Gasteiger partial charge in [-0.25, -0.2) is 4.79 Å². The molecule has 4 unspecified atom stereocenters. The second kappa shape index (κ2) is 6.87. The molecule has 2 fully saturated rings. The number of urea groups is 1. The first-order chi connectivity index (χ1) is 13.1. The van der Waals surface area contributed by atoms with Crippen molar-refractivity contribution in [2.75, 3.05) is 14.1 Å². The third kappa shape index (κ3) is 2.62. The Morgan fingerprint density at radius 3 is 2.18 bits per heavy atom. The topological polar surface area (TPSA) is 43.9 Å². The number of hydrogen-bond donors (Lipinski definition) is 0. The summed E-state index contributed by atoms with van der Waals surface area (Å²) in [4.78, 5) is 32.8. The normalized spacial score (nSPS) is 36.6. The van der Waals surface area contributed by atoms with E-state index in [1.165, 1.54) is 4.90 Å². The van der Waals surface area contributed by atoms with Gasteiger partial charge >= 0.3 is 6.03 Å². The molecule has 2 saturated heterocycles. The third-order valence-corrected chi connectivity index (χ3v) is 8.27. The Bertz CT molecular complexity index is 766. The molecule has 0 bridgehead atoms. The number of nitrogens with zero attached hydrogens (tertiary/aromatic N) is 3. The van der Waals surface area contributed by atoms with Gasteiger partial charge in [0.05, 0.1) is 6.54 Å². The highest BCUT2D eigenvalue weighted by molar-refractivity contribution is 6.07. The molecule has 154 valence electrons. The second-order valence-corrected chi connectivity index (χ2v) is 9.16. The molecule has 4 atom stereocenters. The van der Waals surface area contributed by atoms with Crippen LogP contribution >= 0.6 is 0 Å². The van der Waals surface area contributed by atoms with Gasteiger partial charge in [0.1, 0.15) is 5.54 Å². The van der Waals surface area contributed by atoms with Crippen LogP contribution in [0.4, 0.5) is 4.79 Å². The number of hydrogen-bond acceptors (Lipinski definition) is 3. The first kappa shape index (κ1) is 20.8. The van der Waals surface area contributed by atoms with Gasteiger partial charge in [-0.3, -0.25) is 14.6 Å².